The zero-order valence-corrected chi connectivity index (χ0v) is 11.0. The molecule has 0 aliphatic rings. The van der Waals surface area contributed by atoms with Crippen LogP contribution in [0.25, 0.3) is 0 Å². The van der Waals surface area contributed by atoms with Crippen LogP contribution in [-0.2, 0) is 0 Å². The van der Waals surface area contributed by atoms with Crippen LogP contribution < -0.4 is 0 Å². The van der Waals surface area contributed by atoms with Gasteiger partial charge in [-0.05, 0) is 19.1 Å². The van der Waals surface area contributed by atoms with Crippen molar-refractivity contribution in [2.24, 2.45) is 0 Å². The van der Waals surface area contributed by atoms with Gasteiger partial charge in [-0.25, -0.2) is 4.98 Å². The summed E-state index contributed by atoms with van der Waals surface area (Å²) in [5.74, 6) is -0.120. The van der Waals surface area contributed by atoms with Gasteiger partial charge in [0.05, 0.1) is 9.82 Å². The molecule has 2 rings (SSSR count). The summed E-state index contributed by atoms with van der Waals surface area (Å²) in [4.78, 5) is 26.2. The highest BCUT2D eigenvalue weighted by atomic mass is 32.2. The smallest absolute Gasteiger partial charge is 0.283 e. The Hall–Kier alpha value is -1.73. The number of ketones is 1. The van der Waals surface area contributed by atoms with Gasteiger partial charge in [0.25, 0.3) is 5.69 Å². The third kappa shape index (κ3) is 2.74. The summed E-state index contributed by atoms with van der Waals surface area (Å²) in [5.41, 5.74) is 0.444. The maximum absolute atomic E-state index is 11.3. The van der Waals surface area contributed by atoms with Crippen LogP contribution in [0.15, 0.2) is 39.0 Å². The van der Waals surface area contributed by atoms with Gasteiger partial charge in [-0.1, -0.05) is 11.8 Å². The average molecular weight is 280 g/mol. The molecule has 1 aromatic heterocycles. The van der Waals surface area contributed by atoms with E-state index in [1.807, 2.05) is 0 Å². The predicted molar refractivity (Wildman–Crippen MR) is 69.3 cm³/mol. The summed E-state index contributed by atoms with van der Waals surface area (Å²) < 4.78 is 0.707. The fraction of sp³-hybridized carbons (Fsp3) is 0.0909. The largest absolute Gasteiger partial charge is 0.295 e. The monoisotopic (exact) mass is 280 g/mol. The van der Waals surface area contributed by atoms with Crippen LogP contribution in [0.1, 0.15) is 17.3 Å². The van der Waals surface area contributed by atoms with Crippen molar-refractivity contribution < 1.29 is 9.72 Å². The van der Waals surface area contributed by atoms with E-state index in [9.17, 15) is 14.9 Å². The number of nitro benzene ring substituents is 1. The number of hydrogen-bond donors (Lipinski definition) is 0. The number of nitrogens with zero attached hydrogens (tertiary/aromatic N) is 2. The summed E-state index contributed by atoms with van der Waals surface area (Å²) in [7, 11) is 0. The molecule has 0 aliphatic carbocycles. The Balaban J connectivity index is 2.43. The fourth-order valence-corrected chi connectivity index (χ4v) is 3.04. The van der Waals surface area contributed by atoms with Crippen LogP contribution in [0.4, 0.5) is 5.69 Å². The minimum atomic E-state index is -0.458. The van der Waals surface area contributed by atoms with Crippen molar-refractivity contribution >= 4 is 34.6 Å². The van der Waals surface area contributed by atoms with E-state index in [1.54, 1.807) is 11.6 Å². The molecule has 0 amide bonds. The Bertz CT molecular complexity index is 596. The highest BCUT2D eigenvalue weighted by Crippen LogP contribution is 2.36. The number of Topliss-reactive ketones (excluding diaryl/α,β-unsaturated/α-hetero) is 1. The lowest BCUT2D eigenvalue weighted by Crippen LogP contribution is -1.96. The first-order valence-electron chi connectivity index (χ1n) is 4.94. The second kappa shape index (κ2) is 5.28. The Morgan fingerprint density at radius 1 is 1.50 bits per heavy atom. The van der Waals surface area contributed by atoms with E-state index in [0.717, 1.165) is 0 Å². The van der Waals surface area contributed by atoms with E-state index < -0.39 is 4.92 Å². The number of hydrogen-bond acceptors (Lipinski definition) is 6. The molecule has 0 atom stereocenters. The van der Waals surface area contributed by atoms with Crippen molar-refractivity contribution in [3.8, 4) is 0 Å². The van der Waals surface area contributed by atoms with Gasteiger partial charge in [0, 0.05) is 23.2 Å². The molecule has 1 heterocycles. The Morgan fingerprint density at radius 2 is 2.28 bits per heavy atom. The molecular weight excluding hydrogens is 272 g/mol. The molecule has 1 aromatic carbocycles. The SMILES string of the molecule is CC(=O)c1ccc([N+](=O)[O-])c(Sc2nccs2)c1. The molecule has 0 saturated heterocycles. The fourth-order valence-electron chi connectivity index (χ4n) is 1.32. The molecule has 0 fully saturated rings. The van der Waals surface area contributed by atoms with Crippen LogP contribution in [0.2, 0.25) is 0 Å². The number of aromatic nitrogens is 1. The molecule has 2 aromatic rings. The van der Waals surface area contributed by atoms with E-state index in [1.165, 1.54) is 48.2 Å². The number of carbonyl (C=O) groups excluding carboxylic acids is 1. The topological polar surface area (TPSA) is 73.1 Å². The number of rotatable bonds is 4. The molecule has 0 aliphatic heterocycles. The number of carbonyl (C=O) groups is 1. The lowest BCUT2D eigenvalue weighted by atomic mass is 10.1. The van der Waals surface area contributed by atoms with Crippen LogP contribution in [0.3, 0.4) is 0 Å². The van der Waals surface area contributed by atoms with Crippen LogP contribution in [-0.4, -0.2) is 15.7 Å². The van der Waals surface area contributed by atoms with Gasteiger partial charge in [0.2, 0.25) is 0 Å². The summed E-state index contributed by atoms with van der Waals surface area (Å²) in [6.07, 6.45) is 1.63. The molecule has 0 radical (unpaired) electrons. The normalized spacial score (nSPS) is 10.3. The minimum absolute atomic E-state index is 0.0137. The van der Waals surface area contributed by atoms with E-state index in [2.05, 4.69) is 4.98 Å². The van der Waals surface area contributed by atoms with Crippen LogP contribution >= 0.6 is 23.1 Å². The van der Waals surface area contributed by atoms with Crippen molar-refractivity contribution in [3.05, 3.63) is 45.5 Å². The van der Waals surface area contributed by atoms with Crippen molar-refractivity contribution in [1.82, 2.24) is 4.98 Å². The highest BCUT2D eigenvalue weighted by molar-refractivity contribution is 8.01. The van der Waals surface area contributed by atoms with Crippen molar-refractivity contribution in [2.45, 2.75) is 16.2 Å². The molecule has 5 nitrogen and oxygen atoms in total. The predicted octanol–water partition coefficient (Wildman–Crippen LogP) is 3.41. The summed E-state index contributed by atoms with van der Waals surface area (Å²) in [6, 6.07) is 4.35. The molecule has 18 heavy (non-hydrogen) atoms. The number of thiazole rings is 1. The molecule has 7 heteroatoms. The summed E-state index contributed by atoms with van der Waals surface area (Å²) >= 11 is 2.59. The lowest BCUT2D eigenvalue weighted by molar-refractivity contribution is -0.387. The first-order chi connectivity index (χ1) is 8.58. The number of benzene rings is 1. The second-order valence-corrected chi connectivity index (χ2v) is 5.58. The molecule has 0 bridgehead atoms. The first kappa shape index (κ1) is 12.7. The maximum atomic E-state index is 11.3. The van der Waals surface area contributed by atoms with E-state index >= 15 is 0 Å². The summed E-state index contributed by atoms with van der Waals surface area (Å²) in [5, 5.41) is 12.7. The molecule has 0 N–H and O–H groups in total. The van der Waals surface area contributed by atoms with Crippen LogP contribution in [0.5, 0.6) is 0 Å². The quantitative estimate of drug-likeness (QED) is 0.487. The van der Waals surface area contributed by atoms with Gasteiger partial charge < -0.3 is 0 Å². The third-order valence-corrected chi connectivity index (χ3v) is 4.10. The maximum Gasteiger partial charge on any atom is 0.283 e. The Kier molecular flexibility index (Phi) is 3.73. The molecular formula is C11H8N2O3S2. The lowest BCUT2D eigenvalue weighted by Gasteiger charge is -2.02. The Morgan fingerprint density at radius 3 is 2.83 bits per heavy atom. The van der Waals surface area contributed by atoms with Crippen LogP contribution in [0, 0.1) is 10.1 Å². The van der Waals surface area contributed by atoms with E-state index in [-0.39, 0.29) is 11.5 Å². The zero-order chi connectivity index (χ0) is 13.1. The second-order valence-electron chi connectivity index (χ2n) is 3.40. The summed E-state index contributed by atoms with van der Waals surface area (Å²) in [6.45, 7) is 1.43. The van der Waals surface area contributed by atoms with Crippen molar-refractivity contribution in [3.63, 3.8) is 0 Å². The van der Waals surface area contributed by atoms with Gasteiger partial charge in [0.15, 0.2) is 10.1 Å². The third-order valence-electron chi connectivity index (χ3n) is 2.17. The van der Waals surface area contributed by atoms with Crippen molar-refractivity contribution in [2.75, 3.05) is 0 Å². The first-order valence-corrected chi connectivity index (χ1v) is 6.64. The zero-order valence-electron chi connectivity index (χ0n) is 9.32. The van der Waals surface area contributed by atoms with E-state index in [0.29, 0.717) is 14.8 Å². The van der Waals surface area contributed by atoms with Gasteiger partial charge in [-0.3, -0.25) is 14.9 Å². The Labute approximate surface area is 111 Å². The minimum Gasteiger partial charge on any atom is -0.295 e. The molecule has 0 spiro atoms. The van der Waals surface area contributed by atoms with E-state index in [4.69, 9.17) is 0 Å². The molecule has 92 valence electrons. The van der Waals surface area contributed by atoms with Gasteiger partial charge >= 0.3 is 0 Å². The highest BCUT2D eigenvalue weighted by Gasteiger charge is 2.17. The number of nitro groups is 1. The van der Waals surface area contributed by atoms with Gasteiger partial charge in [0.1, 0.15) is 0 Å². The standard InChI is InChI=1S/C11H8N2O3S2/c1-7(14)8-2-3-9(13(15)16)10(6-8)18-11-12-4-5-17-11/h2-6H,1H3. The van der Waals surface area contributed by atoms with Gasteiger partial charge in [-0.2, -0.15) is 0 Å². The van der Waals surface area contributed by atoms with Crippen molar-refractivity contribution in [1.29, 1.82) is 0 Å². The molecule has 0 unspecified atom stereocenters. The molecule has 0 saturated carbocycles. The van der Waals surface area contributed by atoms with Gasteiger partial charge in [-0.15, -0.1) is 11.3 Å². The average Bonchev–Trinajstić information content (AvgIpc) is 2.81.